The molecular weight excluding hydrogens is 304 g/mol. The molecule has 3 heterocycles. The molecule has 0 aliphatic carbocycles. The van der Waals surface area contributed by atoms with Crippen molar-refractivity contribution in [2.45, 2.75) is 12.8 Å². The van der Waals surface area contributed by atoms with Crippen molar-refractivity contribution in [1.29, 1.82) is 0 Å². The number of fused-ring (bicyclic) bond motifs is 1. The fourth-order valence-corrected chi connectivity index (χ4v) is 3.07. The van der Waals surface area contributed by atoms with Gasteiger partial charge in [-0.25, -0.2) is 9.97 Å². The molecule has 0 unspecified atom stereocenters. The second-order valence-corrected chi connectivity index (χ2v) is 5.90. The fourth-order valence-electron chi connectivity index (χ4n) is 3.07. The number of nitrogens with one attached hydrogen (secondary N) is 1. The van der Waals surface area contributed by atoms with E-state index < -0.39 is 5.91 Å². The van der Waals surface area contributed by atoms with E-state index in [-0.39, 0.29) is 5.91 Å². The molecule has 1 N–H and O–H groups in total. The lowest BCUT2D eigenvalue weighted by molar-refractivity contribution is -0.114. The highest BCUT2D eigenvalue weighted by atomic mass is 16.2. The van der Waals surface area contributed by atoms with Crippen molar-refractivity contribution in [2.75, 3.05) is 18.0 Å². The lowest BCUT2D eigenvalue weighted by Crippen LogP contribution is -2.36. The second kappa shape index (κ2) is 5.88. The van der Waals surface area contributed by atoms with E-state index in [2.05, 4.69) is 20.2 Å². The molecule has 0 radical (unpaired) electrons. The van der Waals surface area contributed by atoms with Crippen molar-refractivity contribution in [1.82, 2.24) is 15.3 Å². The molecule has 0 spiro atoms. The Morgan fingerprint density at radius 2 is 1.62 bits per heavy atom. The Hall–Kier alpha value is -3.02. The van der Waals surface area contributed by atoms with E-state index in [0.717, 1.165) is 24.6 Å². The van der Waals surface area contributed by atoms with Gasteiger partial charge in [-0.15, -0.1) is 0 Å². The summed E-state index contributed by atoms with van der Waals surface area (Å²) in [5.74, 6) is -0.0472. The Kier molecular flexibility index (Phi) is 3.57. The third-order valence-electron chi connectivity index (χ3n) is 4.29. The van der Waals surface area contributed by atoms with E-state index in [1.807, 2.05) is 6.07 Å². The summed E-state index contributed by atoms with van der Waals surface area (Å²) in [5, 5.41) is 2.37. The number of imide groups is 1. The van der Waals surface area contributed by atoms with Crippen LogP contribution in [0.2, 0.25) is 0 Å². The predicted octanol–water partition coefficient (Wildman–Crippen LogP) is 1.89. The zero-order chi connectivity index (χ0) is 16.5. The quantitative estimate of drug-likeness (QED) is 0.675. The zero-order valence-electron chi connectivity index (χ0n) is 13.0. The number of hydrogen-bond donors (Lipinski definition) is 1. The van der Waals surface area contributed by atoms with Gasteiger partial charge in [0.25, 0.3) is 11.8 Å². The molecule has 1 aromatic heterocycles. The Labute approximate surface area is 139 Å². The molecule has 0 atom stereocenters. The van der Waals surface area contributed by atoms with Crippen LogP contribution in [0.15, 0.2) is 36.7 Å². The number of carbonyl (C=O) groups is 2. The van der Waals surface area contributed by atoms with Crippen LogP contribution in [0.1, 0.15) is 34.3 Å². The minimum Gasteiger partial charge on any atom is -0.341 e. The molecule has 2 aromatic rings. The van der Waals surface area contributed by atoms with Gasteiger partial charge in [0.1, 0.15) is 0 Å². The van der Waals surface area contributed by atoms with Gasteiger partial charge in [-0.3, -0.25) is 14.9 Å². The summed E-state index contributed by atoms with van der Waals surface area (Å²) in [4.78, 5) is 35.0. The first-order valence-corrected chi connectivity index (χ1v) is 7.96. The summed E-state index contributed by atoms with van der Waals surface area (Å²) in [6, 6.07) is 7.07. The van der Waals surface area contributed by atoms with Gasteiger partial charge in [0.05, 0.1) is 0 Å². The van der Waals surface area contributed by atoms with Crippen molar-refractivity contribution < 1.29 is 9.59 Å². The summed E-state index contributed by atoms with van der Waals surface area (Å²) in [5.41, 5.74) is 2.31. The lowest BCUT2D eigenvalue weighted by Gasteiger charge is -2.18. The van der Waals surface area contributed by atoms with Crippen LogP contribution in [-0.4, -0.2) is 34.9 Å². The highest BCUT2D eigenvalue weighted by molar-refractivity contribution is 6.33. The molecule has 0 bridgehead atoms. The smallest absolute Gasteiger partial charge is 0.258 e. The molecular formula is C18H16N4O2. The number of amides is 2. The molecule has 4 rings (SSSR count). The molecule has 1 saturated heterocycles. The summed E-state index contributed by atoms with van der Waals surface area (Å²) in [7, 11) is 0. The van der Waals surface area contributed by atoms with Gasteiger partial charge in [0.2, 0.25) is 5.95 Å². The van der Waals surface area contributed by atoms with Crippen LogP contribution < -0.4 is 10.2 Å². The van der Waals surface area contributed by atoms with Gasteiger partial charge < -0.3 is 4.90 Å². The fraction of sp³-hybridized carbons (Fsp3) is 0.222. The molecule has 1 fully saturated rings. The third kappa shape index (κ3) is 2.56. The number of rotatable bonds is 2. The first kappa shape index (κ1) is 14.6. The summed E-state index contributed by atoms with van der Waals surface area (Å²) >= 11 is 0. The first-order chi connectivity index (χ1) is 11.7. The number of hydrogen-bond acceptors (Lipinski definition) is 5. The van der Waals surface area contributed by atoms with Crippen molar-refractivity contribution in [3.05, 3.63) is 53.3 Å². The van der Waals surface area contributed by atoms with Gasteiger partial charge in [-0.1, -0.05) is 18.2 Å². The average Bonchev–Trinajstić information content (AvgIpc) is 3.14. The van der Waals surface area contributed by atoms with Crippen LogP contribution in [0.4, 0.5) is 5.95 Å². The maximum absolute atomic E-state index is 12.2. The van der Waals surface area contributed by atoms with Crippen LogP contribution >= 0.6 is 0 Å². The van der Waals surface area contributed by atoms with E-state index in [1.165, 1.54) is 12.8 Å². The van der Waals surface area contributed by atoms with Gasteiger partial charge in [-0.2, -0.15) is 0 Å². The van der Waals surface area contributed by atoms with E-state index in [9.17, 15) is 9.59 Å². The number of anilines is 1. The van der Waals surface area contributed by atoms with E-state index in [1.54, 1.807) is 36.7 Å². The Morgan fingerprint density at radius 3 is 2.33 bits per heavy atom. The van der Waals surface area contributed by atoms with Crippen LogP contribution in [0.3, 0.4) is 0 Å². The van der Waals surface area contributed by atoms with Crippen LogP contribution in [-0.2, 0) is 4.79 Å². The monoisotopic (exact) mass is 320 g/mol. The van der Waals surface area contributed by atoms with Crippen molar-refractivity contribution in [2.24, 2.45) is 0 Å². The van der Waals surface area contributed by atoms with Crippen molar-refractivity contribution in [3.63, 3.8) is 0 Å². The van der Waals surface area contributed by atoms with Crippen molar-refractivity contribution in [3.8, 4) is 0 Å². The molecule has 24 heavy (non-hydrogen) atoms. The van der Waals surface area contributed by atoms with Crippen LogP contribution in [0.25, 0.3) is 11.6 Å². The Balaban J connectivity index is 1.68. The van der Waals surface area contributed by atoms with E-state index >= 15 is 0 Å². The predicted molar refractivity (Wildman–Crippen MR) is 90.3 cm³/mol. The second-order valence-electron chi connectivity index (χ2n) is 5.90. The van der Waals surface area contributed by atoms with Crippen molar-refractivity contribution >= 4 is 29.4 Å². The van der Waals surface area contributed by atoms with Gasteiger partial charge in [0.15, 0.2) is 0 Å². The summed E-state index contributed by atoms with van der Waals surface area (Å²) in [6.07, 6.45) is 7.47. The minimum atomic E-state index is -0.401. The van der Waals surface area contributed by atoms with Crippen LogP contribution in [0, 0.1) is 0 Å². The van der Waals surface area contributed by atoms with Gasteiger partial charge >= 0.3 is 0 Å². The Morgan fingerprint density at radius 1 is 0.958 bits per heavy atom. The summed E-state index contributed by atoms with van der Waals surface area (Å²) in [6.45, 7) is 1.97. The molecule has 2 aliphatic rings. The summed E-state index contributed by atoms with van der Waals surface area (Å²) < 4.78 is 0. The largest absolute Gasteiger partial charge is 0.341 e. The third-order valence-corrected chi connectivity index (χ3v) is 4.29. The number of aromatic nitrogens is 2. The number of nitrogens with zero attached hydrogens (tertiary/aromatic N) is 3. The normalized spacial score (nSPS) is 18.7. The van der Waals surface area contributed by atoms with Gasteiger partial charge in [-0.05, 0) is 30.5 Å². The maximum Gasteiger partial charge on any atom is 0.258 e. The van der Waals surface area contributed by atoms with Crippen LogP contribution in [0.5, 0.6) is 0 Å². The maximum atomic E-state index is 12.2. The topological polar surface area (TPSA) is 75.2 Å². The minimum absolute atomic E-state index is 0.367. The average molecular weight is 320 g/mol. The molecule has 2 amide bonds. The molecule has 1 aromatic carbocycles. The zero-order valence-corrected chi connectivity index (χ0v) is 13.0. The van der Waals surface area contributed by atoms with E-state index in [0.29, 0.717) is 16.7 Å². The molecule has 120 valence electrons. The first-order valence-electron chi connectivity index (χ1n) is 7.96. The lowest BCUT2D eigenvalue weighted by atomic mass is 9.94. The Bertz CT molecular complexity index is 836. The highest BCUT2D eigenvalue weighted by Crippen LogP contribution is 2.26. The van der Waals surface area contributed by atoms with E-state index in [4.69, 9.17) is 0 Å². The molecule has 0 saturated carbocycles. The standard InChI is InChI=1S/C18H16N4O2/c23-16-14-6-2-1-5-13(14)15(17(24)21-16)9-12-10-19-18(20-11-12)22-7-3-4-8-22/h1-2,5-6,9-11H,3-4,7-8H2,(H,21,23,24). The molecule has 6 heteroatoms. The van der Waals surface area contributed by atoms with Gasteiger partial charge in [0, 0.05) is 42.2 Å². The SMILES string of the molecule is O=C1NC(=O)c2ccccc2C1=Cc1cnc(N2CCCC2)nc1. The number of benzene rings is 1. The molecule has 6 nitrogen and oxygen atoms in total. The number of carbonyl (C=O) groups excluding carboxylic acids is 2. The molecule has 2 aliphatic heterocycles. The highest BCUT2D eigenvalue weighted by Gasteiger charge is 2.26.